The Bertz CT molecular complexity index is 612. The van der Waals surface area contributed by atoms with Crippen LogP contribution in [0.3, 0.4) is 0 Å². The summed E-state index contributed by atoms with van der Waals surface area (Å²) in [5.41, 5.74) is 7.61. The van der Waals surface area contributed by atoms with Crippen LogP contribution in [0.1, 0.15) is 11.1 Å². The van der Waals surface area contributed by atoms with Crippen molar-refractivity contribution in [2.75, 3.05) is 26.2 Å². The van der Waals surface area contributed by atoms with E-state index < -0.39 is 5.38 Å². The van der Waals surface area contributed by atoms with Crippen molar-refractivity contribution < 1.29 is 9.18 Å². The SMILES string of the molecule is Cc1cc(F)ccc1CN1CCN(C2C(Br)NNC(=O)C2Cl)CC1. The van der Waals surface area contributed by atoms with E-state index in [2.05, 4.69) is 36.6 Å². The molecule has 1 aromatic rings. The highest BCUT2D eigenvalue weighted by Crippen LogP contribution is 2.23. The van der Waals surface area contributed by atoms with Gasteiger partial charge in [0.15, 0.2) is 0 Å². The number of amides is 1. The van der Waals surface area contributed by atoms with Gasteiger partial charge in [-0.3, -0.25) is 20.0 Å². The zero-order valence-electron chi connectivity index (χ0n) is 13.4. The normalized spacial score (nSPS) is 29.5. The third-order valence-electron chi connectivity index (χ3n) is 4.71. The van der Waals surface area contributed by atoms with Crippen LogP contribution in [0.4, 0.5) is 4.39 Å². The van der Waals surface area contributed by atoms with Gasteiger partial charge in [0, 0.05) is 32.7 Å². The fraction of sp³-hybridized carbons (Fsp3) is 0.562. The van der Waals surface area contributed by atoms with Crippen LogP contribution in [0, 0.1) is 12.7 Å². The largest absolute Gasteiger partial charge is 0.297 e. The lowest BCUT2D eigenvalue weighted by molar-refractivity contribution is -0.125. The maximum Gasteiger partial charge on any atom is 0.253 e. The summed E-state index contributed by atoms with van der Waals surface area (Å²) in [6.45, 7) is 6.20. The average Bonchev–Trinajstić information content (AvgIpc) is 2.55. The van der Waals surface area contributed by atoms with E-state index in [4.69, 9.17) is 11.6 Å². The Morgan fingerprint density at radius 3 is 2.71 bits per heavy atom. The quantitative estimate of drug-likeness (QED) is 0.577. The molecule has 0 aliphatic carbocycles. The Morgan fingerprint density at radius 2 is 2.04 bits per heavy atom. The van der Waals surface area contributed by atoms with Crippen molar-refractivity contribution in [2.24, 2.45) is 0 Å². The van der Waals surface area contributed by atoms with Crippen LogP contribution in [0.5, 0.6) is 0 Å². The minimum atomic E-state index is -0.582. The number of piperazine rings is 1. The summed E-state index contributed by atoms with van der Waals surface area (Å²) in [7, 11) is 0. The number of halogens is 3. The van der Waals surface area contributed by atoms with Gasteiger partial charge in [0.2, 0.25) is 0 Å². The molecule has 2 saturated heterocycles. The Balaban J connectivity index is 1.58. The first kappa shape index (κ1) is 18.1. The number of nitrogens with one attached hydrogen (secondary N) is 2. The minimum Gasteiger partial charge on any atom is -0.297 e. The van der Waals surface area contributed by atoms with E-state index in [0.29, 0.717) is 0 Å². The number of alkyl halides is 2. The third-order valence-corrected chi connectivity index (χ3v) is 5.94. The first-order valence-corrected chi connectivity index (χ1v) is 9.36. The number of carbonyl (C=O) groups is 1. The van der Waals surface area contributed by atoms with Gasteiger partial charge >= 0.3 is 0 Å². The van der Waals surface area contributed by atoms with Gasteiger partial charge in [0.1, 0.15) is 11.2 Å². The molecule has 2 heterocycles. The van der Waals surface area contributed by atoms with Gasteiger partial charge in [-0.15, -0.1) is 11.6 Å². The molecule has 2 N–H and O–H groups in total. The molecule has 0 radical (unpaired) electrons. The molecule has 3 unspecified atom stereocenters. The molecule has 8 heteroatoms. The molecule has 5 nitrogen and oxygen atoms in total. The number of carbonyl (C=O) groups excluding carboxylic acids is 1. The standard InChI is InChI=1S/C16H21BrClFN4O/c1-10-8-12(19)3-2-11(10)9-22-4-6-23(7-5-22)14-13(18)16(24)21-20-15(14)17/h2-3,8,13-15,20H,4-7,9H2,1H3,(H,21,24). The predicted molar refractivity (Wildman–Crippen MR) is 95.4 cm³/mol. The number of hydrazine groups is 1. The summed E-state index contributed by atoms with van der Waals surface area (Å²) in [6.07, 6.45) is 0. The lowest BCUT2D eigenvalue weighted by Gasteiger charge is -2.44. The van der Waals surface area contributed by atoms with Gasteiger partial charge < -0.3 is 0 Å². The Kier molecular flexibility index (Phi) is 5.77. The van der Waals surface area contributed by atoms with Gasteiger partial charge in [-0.1, -0.05) is 22.0 Å². The summed E-state index contributed by atoms with van der Waals surface area (Å²) in [5, 5.41) is -0.582. The Morgan fingerprint density at radius 1 is 1.33 bits per heavy atom. The van der Waals surface area contributed by atoms with E-state index in [9.17, 15) is 9.18 Å². The fourth-order valence-corrected chi connectivity index (χ4v) is 4.55. The second-order valence-corrected chi connectivity index (χ2v) is 7.77. The summed E-state index contributed by atoms with van der Waals surface area (Å²) >= 11 is 9.83. The molecule has 0 saturated carbocycles. The topological polar surface area (TPSA) is 47.6 Å². The molecule has 24 heavy (non-hydrogen) atoms. The summed E-state index contributed by atoms with van der Waals surface area (Å²) in [4.78, 5) is 16.3. The van der Waals surface area contributed by atoms with Crippen molar-refractivity contribution in [3.63, 3.8) is 0 Å². The molecule has 0 aromatic heterocycles. The molecular formula is C16H21BrClFN4O. The lowest BCUT2D eigenvalue weighted by atomic mass is 10.1. The van der Waals surface area contributed by atoms with Gasteiger partial charge in [-0.25, -0.2) is 9.82 Å². The van der Waals surface area contributed by atoms with Gasteiger partial charge in [-0.2, -0.15) is 0 Å². The highest BCUT2D eigenvalue weighted by molar-refractivity contribution is 9.09. The van der Waals surface area contributed by atoms with Gasteiger partial charge in [0.25, 0.3) is 5.91 Å². The van der Waals surface area contributed by atoms with E-state index in [1.54, 1.807) is 6.07 Å². The minimum absolute atomic E-state index is 0.0800. The van der Waals surface area contributed by atoms with Gasteiger partial charge in [-0.05, 0) is 30.2 Å². The maximum atomic E-state index is 13.2. The van der Waals surface area contributed by atoms with E-state index in [1.165, 1.54) is 6.07 Å². The van der Waals surface area contributed by atoms with Crippen molar-refractivity contribution in [1.29, 1.82) is 0 Å². The first-order valence-electron chi connectivity index (χ1n) is 8.00. The molecule has 132 valence electrons. The highest BCUT2D eigenvalue weighted by Gasteiger charge is 2.41. The van der Waals surface area contributed by atoms with Crippen molar-refractivity contribution in [3.05, 3.63) is 35.1 Å². The number of rotatable bonds is 3. The van der Waals surface area contributed by atoms with Crippen molar-refractivity contribution in [3.8, 4) is 0 Å². The summed E-state index contributed by atoms with van der Waals surface area (Å²) < 4.78 is 13.2. The first-order chi connectivity index (χ1) is 11.5. The number of nitrogens with zero attached hydrogens (tertiary/aromatic N) is 2. The van der Waals surface area contributed by atoms with E-state index in [0.717, 1.165) is 43.9 Å². The number of hydrogen-bond acceptors (Lipinski definition) is 4. The van der Waals surface area contributed by atoms with Crippen LogP contribution in [0.25, 0.3) is 0 Å². The second kappa shape index (κ2) is 7.66. The van der Waals surface area contributed by atoms with Crippen LogP contribution in [0.15, 0.2) is 18.2 Å². The van der Waals surface area contributed by atoms with Gasteiger partial charge in [0.05, 0.1) is 11.0 Å². The van der Waals surface area contributed by atoms with E-state index in [1.807, 2.05) is 13.0 Å². The monoisotopic (exact) mass is 418 g/mol. The van der Waals surface area contributed by atoms with Crippen LogP contribution >= 0.6 is 27.5 Å². The smallest absolute Gasteiger partial charge is 0.253 e. The molecule has 1 aromatic carbocycles. The molecule has 0 bridgehead atoms. The van der Waals surface area contributed by atoms with Crippen LogP contribution in [-0.4, -0.2) is 58.3 Å². The lowest BCUT2D eigenvalue weighted by Crippen LogP contribution is -2.67. The molecule has 1 amide bonds. The van der Waals surface area contributed by atoms with Crippen LogP contribution in [0.2, 0.25) is 0 Å². The molecule has 3 rings (SSSR count). The van der Waals surface area contributed by atoms with Crippen LogP contribution < -0.4 is 10.9 Å². The summed E-state index contributed by atoms with van der Waals surface area (Å²) in [5.74, 6) is -0.387. The number of benzene rings is 1. The molecule has 0 spiro atoms. The predicted octanol–water partition coefficient (Wildman–Crippen LogP) is 1.58. The maximum absolute atomic E-state index is 13.2. The molecule has 2 aliphatic heterocycles. The van der Waals surface area contributed by atoms with E-state index >= 15 is 0 Å². The van der Waals surface area contributed by atoms with E-state index in [-0.39, 0.29) is 22.7 Å². The zero-order valence-corrected chi connectivity index (χ0v) is 15.8. The molecule has 2 fully saturated rings. The Labute approximate surface area is 154 Å². The molecule has 2 aliphatic rings. The zero-order chi connectivity index (χ0) is 17.3. The van der Waals surface area contributed by atoms with Crippen molar-refractivity contribution in [2.45, 2.75) is 29.8 Å². The molecule has 3 atom stereocenters. The fourth-order valence-electron chi connectivity index (χ4n) is 3.27. The Hall–Kier alpha value is -0.730. The van der Waals surface area contributed by atoms with Crippen LogP contribution in [-0.2, 0) is 11.3 Å². The van der Waals surface area contributed by atoms with Crippen molar-refractivity contribution >= 4 is 33.4 Å². The average molecular weight is 420 g/mol. The highest BCUT2D eigenvalue weighted by atomic mass is 79.9. The molecular weight excluding hydrogens is 399 g/mol. The number of hydrogen-bond donors (Lipinski definition) is 2. The summed E-state index contributed by atoms with van der Waals surface area (Å²) in [6, 6.07) is 4.86. The second-order valence-electron chi connectivity index (χ2n) is 6.31. The number of aryl methyl sites for hydroxylation is 1. The third kappa shape index (κ3) is 3.91. The van der Waals surface area contributed by atoms with Crippen molar-refractivity contribution in [1.82, 2.24) is 20.7 Å².